The molecule has 0 aliphatic rings. The van der Waals surface area contributed by atoms with Gasteiger partial charge >= 0.3 is 6.03 Å². The van der Waals surface area contributed by atoms with Gasteiger partial charge < -0.3 is 15.5 Å². The molecule has 2 aromatic rings. The van der Waals surface area contributed by atoms with Crippen LogP contribution in [0.5, 0.6) is 0 Å². The van der Waals surface area contributed by atoms with Crippen molar-refractivity contribution in [3.8, 4) is 0 Å². The third kappa shape index (κ3) is 5.63. The van der Waals surface area contributed by atoms with Gasteiger partial charge in [0.25, 0.3) is 0 Å². The molecule has 0 saturated heterocycles. The minimum atomic E-state index is -0.282. The average Bonchev–Trinajstić information content (AvgIpc) is 3.01. The molecule has 0 aliphatic carbocycles. The van der Waals surface area contributed by atoms with Gasteiger partial charge in [0.2, 0.25) is 5.91 Å². The Bertz CT molecular complexity index is 705. The normalized spacial score (nSPS) is 10.4. The van der Waals surface area contributed by atoms with Crippen molar-refractivity contribution in [1.82, 2.24) is 20.0 Å². The van der Waals surface area contributed by atoms with Crippen molar-refractivity contribution in [3.05, 3.63) is 47.8 Å². The van der Waals surface area contributed by atoms with E-state index in [2.05, 4.69) is 15.7 Å². The molecule has 1 heterocycles. The summed E-state index contributed by atoms with van der Waals surface area (Å²) in [6, 6.07) is 7.04. The van der Waals surface area contributed by atoms with Gasteiger partial charge in [-0.15, -0.1) is 0 Å². The molecule has 0 bridgehead atoms. The molecule has 7 heteroatoms. The van der Waals surface area contributed by atoms with Crippen LogP contribution in [0.3, 0.4) is 0 Å². The highest BCUT2D eigenvalue weighted by Gasteiger charge is 2.10. The highest BCUT2D eigenvalue weighted by molar-refractivity contribution is 5.89. The second-order valence-electron chi connectivity index (χ2n) is 5.77. The summed E-state index contributed by atoms with van der Waals surface area (Å²) in [6.45, 7) is 5.78. The van der Waals surface area contributed by atoms with Crippen LogP contribution in [0.2, 0.25) is 0 Å². The zero-order valence-corrected chi connectivity index (χ0v) is 15.0. The number of amides is 3. The van der Waals surface area contributed by atoms with Crippen molar-refractivity contribution >= 4 is 17.6 Å². The number of anilines is 1. The molecule has 2 N–H and O–H groups in total. The largest absolute Gasteiger partial charge is 0.343 e. The Morgan fingerprint density at radius 3 is 2.36 bits per heavy atom. The number of aromatic nitrogens is 2. The summed E-state index contributed by atoms with van der Waals surface area (Å²) in [7, 11) is 1.83. The summed E-state index contributed by atoms with van der Waals surface area (Å²) < 4.78 is 1.69. The first kappa shape index (κ1) is 18.5. The summed E-state index contributed by atoms with van der Waals surface area (Å²) in [5.74, 6) is 0.111. The SMILES string of the molecule is CCN(CC)C(=O)Cc1ccc(NC(=O)NCc2cnn(C)c2)cc1. The Morgan fingerprint density at radius 2 is 1.80 bits per heavy atom. The molecule has 0 fully saturated rings. The van der Waals surface area contributed by atoms with Crippen LogP contribution in [-0.4, -0.2) is 39.7 Å². The van der Waals surface area contributed by atoms with E-state index in [1.807, 2.05) is 39.2 Å². The molecule has 2 rings (SSSR count). The van der Waals surface area contributed by atoms with Crippen LogP contribution in [0.15, 0.2) is 36.7 Å². The first-order valence-electron chi connectivity index (χ1n) is 8.41. The van der Waals surface area contributed by atoms with Crippen LogP contribution in [0.1, 0.15) is 25.0 Å². The lowest BCUT2D eigenvalue weighted by Gasteiger charge is -2.18. The van der Waals surface area contributed by atoms with Crippen molar-refractivity contribution in [3.63, 3.8) is 0 Å². The van der Waals surface area contributed by atoms with Gasteiger partial charge in [-0.1, -0.05) is 12.1 Å². The summed E-state index contributed by atoms with van der Waals surface area (Å²) in [6.07, 6.45) is 3.93. The maximum atomic E-state index is 12.1. The van der Waals surface area contributed by atoms with Gasteiger partial charge in [0, 0.05) is 44.1 Å². The number of nitrogens with zero attached hydrogens (tertiary/aromatic N) is 3. The van der Waals surface area contributed by atoms with E-state index in [9.17, 15) is 9.59 Å². The molecule has 0 spiro atoms. The molecule has 0 atom stereocenters. The topological polar surface area (TPSA) is 79.3 Å². The predicted octanol–water partition coefficient (Wildman–Crippen LogP) is 2.15. The van der Waals surface area contributed by atoms with Gasteiger partial charge in [-0.3, -0.25) is 9.48 Å². The predicted molar refractivity (Wildman–Crippen MR) is 97.1 cm³/mol. The molecule has 134 valence electrons. The summed E-state index contributed by atoms with van der Waals surface area (Å²) in [4.78, 5) is 25.8. The number of benzene rings is 1. The number of likely N-dealkylation sites (N-methyl/N-ethyl adjacent to an activating group) is 1. The van der Waals surface area contributed by atoms with Crippen LogP contribution in [0.25, 0.3) is 0 Å². The van der Waals surface area contributed by atoms with Crippen LogP contribution in [-0.2, 0) is 24.8 Å². The number of nitrogens with one attached hydrogen (secondary N) is 2. The lowest BCUT2D eigenvalue weighted by molar-refractivity contribution is -0.130. The van der Waals surface area contributed by atoms with E-state index in [0.717, 1.165) is 11.1 Å². The third-order valence-corrected chi connectivity index (χ3v) is 3.89. The second kappa shape index (κ2) is 8.86. The van der Waals surface area contributed by atoms with E-state index in [1.54, 1.807) is 27.9 Å². The molecule has 25 heavy (non-hydrogen) atoms. The van der Waals surface area contributed by atoms with E-state index >= 15 is 0 Å². The van der Waals surface area contributed by atoms with Gasteiger partial charge in [0.1, 0.15) is 0 Å². The summed E-state index contributed by atoms with van der Waals surface area (Å²) >= 11 is 0. The van der Waals surface area contributed by atoms with E-state index in [1.165, 1.54) is 0 Å². The number of rotatable bonds is 7. The van der Waals surface area contributed by atoms with Gasteiger partial charge in [-0.25, -0.2) is 4.79 Å². The fourth-order valence-corrected chi connectivity index (χ4v) is 2.49. The molecule has 0 aliphatic heterocycles. The zero-order chi connectivity index (χ0) is 18.2. The molecule has 0 radical (unpaired) electrons. The fraction of sp³-hybridized carbons (Fsp3) is 0.389. The molecule has 0 unspecified atom stereocenters. The number of hydrogen-bond donors (Lipinski definition) is 2. The Morgan fingerprint density at radius 1 is 1.12 bits per heavy atom. The van der Waals surface area contributed by atoms with Crippen LogP contribution in [0, 0.1) is 0 Å². The highest BCUT2D eigenvalue weighted by Crippen LogP contribution is 2.11. The highest BCUT2D eigenvalue weighted by atomic mass is 16.2. The minimum Gasteiger partial charge on any atom is -0.343 e. The Hall–Kier alpha value is -2.83. The standard InChI is InChI=1S/C18H25N5O2/c1-4-23(5-2)17(24)10-14-6-8-16(9-7-14)21-18(25)19-11-15-12-20-22(3)13-15/h6-9,12-13H,4-5,10-11H2,1-3H3,(H2,19,21,25). The number of urea groups is 1. The van der Waals surface area contributed by atoms with Gasteiger partial charge in [-0.05, 0) is 31.5 Å². The van der Waals surface area contributed by atoms with E-state index < -0.39 is 0 Å². The maximum Gasteiger partial charge on any atom is 0.319 e. The number of carbonyl (C=O) groups is 2. The average molecular weight is 343 g/mol. The van der Waals surface area contributed by atoms with Crippen molar-refractivity contribution < 1.29 is 9.59 Å². The smallest absolute Gasteiger partial charge is 0.319 e. The zero-order valence-electron chi connectivity index (χ0n) is 15.0. The van der Waals surface area contributed by atoms with Gasteiger partial charge in [-0.2, -0.15) is 5.10 Å². The van der Waals surface area contributed by atoms with Gasteiger partial charge in [0.05, 0.1) is 12.6 Å². The quantitative estimate of drug-likeness (QED) is 0.808. The number of hydrogen-bond acceptors (Lipinski definition) is 3. The first-order chi connectivity index (χ1) is 12.0. The van der Waals surface area contributed by atoms with Crippen molar-refractivity contribution in [2.45, 2.75) is 26.8 Å². The maximum absolute atomic E-state index is 12.1. The fourth-order valence-electron chi connectivity index (χ4n) is 2.49. The molecule has 1 aromatic heterocycles. The lowest BCUT2D eigenvalue weighted by atomic mass is 10.1. The third-order valence-electron chi connectivity index (χ3n) is 3.89. The van der Waals surface area contributed by atoms with Crippen LogP contribution < -0.4 is 10.6 Å². The summed E-state index contributed by atoms with van der Waals surface area (Å²) in [5, 5.41) is 9.60. The number of aryl methyl sites for hydroxylation is 1. The van der Waals surface area contributed by atoms with Gasteiger partial charge in [0.15, 0.2) is 0 Å². The Balaban J connectivity index is 1.83. The molecule has 1 aromatic carbocycles. The number of carbonyl (C=O) groups excluding carboxylic acids is 2. The first-order valence-corrected chi connectivity index (χ1v) is 8.41. The lowest BCUT2D eigenvalue weighted by Crippen LogP contribution is -2.31. The Labute approximate surface area is 148 Å². The van der Waals surface area contributed by atoms with E-state index in [-0.39, 0.29) is 11.9 Å². The molecular formula is C18H25N5O2. The molecular weight excluding hydrogens is 318 g/mol. The molecule has 3 amide bonds. The molecule has 7 nitrogen and oxygen atoms in total. The van der Waals surface area contributed by atoms with Crippen LogP contribution in [0.4, 0.5) is 10.5 Å². The van der Waals surface area contributed by atoms with Crippen molar-refractivity contribution in [1.29, 1.82) is 0 Å². The van der Waals surface area contributed by atoms with E-state index in [0.29, 0.717) is 31.7 Å². The van der Waals surface area contributed by atoms with Crippen LogP contribution >= 0.6 is 0 Å². The van der Waals surface area contributed by atoms with E-state index in [4.69, 9.17) is 0 Å². The molecule has 0 saturated carbocycles. The summed E-state index contributed by atoms with van der Waals surface area (Å²) in [5.41, 5.74) is 2.55. The minimum absolute atomic E-state index is 0.111. The Kier molecular flexibility index (Phi) is 6.56. The van der Waals surface area contributed by atoms with Crippen molar-refractivity contribution in [2.24, 2.45) is 7.05 Å². The monoisotopic (exact) mass is 343 g/mol. The second-order valence-corrected chi connectivity index (χ2v) is 5.77. The van der Waals surface area contributed by atoms with Crippen molar-refractivity contribution in [2.75, 3.05) is 18.4 Å².